The molecule has 0 unspecified atom stereocenters. The lowest BCUT2D eigenvalue weighted by Gasteiger charge is -2.10. The fourth-order valence-corrected chi connectivity index (χ4v) is 2.28. The van der Waals surface area contributed by atoms with E-state index < -0.39 is 0 Å². The molecule has 0 bridgehead atoms. The van der Waals surface area contributed by atoms with Crippen LogP contribution < -0.4 is 10.1 Å². The highest BCUT2D eigenvalue weighted by molar-refractivity contribution is 9.10. The van der Waals surface area contributed by atoms with Crippen LogP contribution in [0.1, 0.15) is 5.56 Å². The van der Waals surface area contributed by atoms with Crippen LogP contribution in [-0.2, 0) is 0 Å². The second kappa shape index (κ2) is 6.57. The summed E-state index contributed by atoms with van der Waals surface area (Å²) in [5, 5.41) is 3.00. The number of hydrogen-bond donors (Lipinski definition) is 1. The van der Waals surface area contributed by atoms with Gasteiger partial charge in [-0.25, -0.2) is 4.39 Å². The molecule has 1 N–H and O–H groups in total. The predicted molar refractivity (Wildman–Crippen MR) is 79.3 cm³/mol. The maximum atomic E-state index is 13.3. The van der Waals surface area contributed by atoms with Crippen LogP contribution in [-0.4, -0.2) is 13.2 Å². The lowest BCUT2D eigenvalue weighted by Crippen LogP contribution is -2.12. The molecular formula is C15H15BrFNO. The van der Waals surface area contributed by atoms with Gasteiger partial charge < -0.3 is 10.1 Å². The van der Waals surface area contributed by atoms with Gasteiger partial charge in [0.25, 0.3) is 0 Å². The molecular weight excluding hydrogens is 309 g/mol. The largest absolute Gasteiger partial charge is 0.491 e. The molecule has 0 saturated carbocycles. The third kappa shape index (κ3) is 3.96. The summed E-state index contributed by atoms with van der Waals surface area (Å²) in [5.74, 6) is 0.542. The topological polar surface area (TPSA) is 21.3 Å². The molecule has 2 nitrogen and oxygen atoms in total. The van der Waals surface area contributed by atoms with Crippen molar-refractivity contribution in [2.75, 3.05) is 18.5 Å². The maximum Gasteiger partial charge on any atom is 0.146 e. The monoisotopic (exact) mass is 323 g/mol. The smallest absolute Gasteiger partial charge is 0.146 e. The first-order valence-corrected chi connectivity index (χ1v) is 6.83. The Bertz CT molecular complexity index is 560. The molecule has 2 aromatic carbocycles. The Hall–Kier alpha value is -1.55. The van der Waals surface area contributed by atoms with Gasteiger partial charge in [-0.2, -0.15) is 0 Å². The van der Waals surface area contributed by atoms with E-state index in [1.807, 2.05) is 25.1 Å². The zero-order valence-corrected chi connectivity index (χ0v) is 12.2. The van der Waals surface area contributed by atoms with E-state index in [0.717, 1.165) is 10.2 Å². The number of nitrogens with one attached hydrogen (secondary N) is 1. The summed E-state index contributed by atoms with van der Waals surface area (Å²) < 4.78 is 19.9. The van der Waals surface area contributed by atoms with E-state index in [0.29, 0.717) is 18.8 Å². The maximum absolute atomic E-state index is 13.3. The second-order valence-electron chi connectivity index (χ2n) is 4.19. The number of benzene rings is 2. The minimum atomic E-state index is -0.251. The van der Waals surface area contributed by atoms with Gasteiger partial charge in [-0.15, -0.1) is 0 Å². The Morgan fingerprint density at radius 3 is 2.74 bits per heavy atom. The third-order valence-electron chi connectivity index (χ3n) is 2.64. The number of halogens is 2. The summed E-state index contributed by atoms with van der Waals surface area (Å²) in [6, 6.07) is 12.5. The van der Waals surface area contributed by atoms with E-state index in [1.165, 1.54) is 11.6 Å². The first kappa shape index (κ1) is 13.9. The Balaban J connectivity index is 1.83. The van der Waals surface area contributed by atoms with Gasteiger partial charge in [-0.05, 0) is 52.7 Å². The SMILES string of the molecule is Cc1ccc(OCCNc2ccccc2F)c(Br)c1. The molecule has 2 rings (SSSR count). The van der Waals surface area contributed by atoms with Crippen LogP contribution in [0.2, 0.25) is 0 Å². The molecule has 0 fully saturated rings. The quantitative estimate of drug-likeness (QED) is 0.824. The van der Waals surface area contributed by atoms with Crippen molar-refractivity contribution in [3.63, 3.8) is 0 Å². The van der Waals surface area contributed by atoms with Crippen molar-refractivity contribution < 1.29 is 9.13 Å². The first-order valence-electron chi connectivity index (χ1n) is 6.04. The molecule has 0 heterocycles. The molecule has 0 aliphatic rings. The van der Waals surface area contributed by atoms with Gasteiger partial charge in [0.05, 0.1) is 10.2 Å². The molecule has 2 aromatic rings. The first-order chi connectivity index (χ1) is 9.16. The molecule has 0 aliphatic heterocycles. The van der Waals surface area contributed by atoms with Crippen molar-refractivity contribution in [3.8, 4) is 5.75 Å². The number of ether oxygens (including phenoxy) is 1. The van der Waals surface area contributed by atoms with Crippen molar-refractivity contribution in [1.82, 2.24) is 0 Å². The summed E-state index contributed by atoms with van der Waals surface area (Å²) >= 11 is 3.45. The van der Waals surface area contributed by atoms with Gasteiger partial charge in [-0.1, -0.05) is 18.2 Å². The van der Waals surface area contributed by atoms with Crippen LogP contribution in [0.25, 0.3) is 0 Å². The van der Waals surface area contributed by atoms with Crippen molar-refractivity contribution in [2.24, 2.45) is 0 Å². The zero-order valence-electron chi connectivity index (χ0n) is 10.6. The summed E-state index contributed by atoms with van der Waals surface area (Å²) in [6.45, 7) is 3.03. The lowest BCUT2D eigenvalue weighted by molar-refractivity contribution is 0.330. The highest BCUT2D eigenvalue weighted by Gasteiger charge is 2.02. The van der Waals surface area contributed by atoms with Gasteiger partial charge in [0.1, 0.15) is 18.2 Å². The van der Waals surface area contributed by atoms with E-state index in [2.05, 4.69) is 21.2 Å². The zero-order chi connectivity index (χ0) is 13.7. The van der Waals surface area contributed by atoms with Crippen molar-refractivity contribution in [1.29, 1.82) is 0 Å². The normalized spacial score (nSPS) is 10.3. The summed E-state index contributed by atoms with van der Waals surface area (Å²) in [6.07, 6.45) is 0. The van der Waals surface area contributed by atoms with Crippen LogP contribution in [0.15, 0.2) is 46.9 Å². The van der Waals surface area contributed by atoms with Gasteiger partial charge in [-0.3, -0.25) is 0 Å². The Labute approximate surface area is 120 Å². The molecule has 19 heavy (non-hydrogen) atoms. The molecule has 100 valence electrons. The van der Waals surface area contributed by atoms with Crippen molar-refractivity contribution in [2.45, 2.75) is 6.92 Å². The second-order valence-corrected chi connectivity index (χ2v) is 5.04. The van der Waals surface area contributed by atoms with Crippen LogP contribution in [0.4, 0.5) is 10.1 Å². The van der Waals surface area contributed by atoms with Crippen LogP contribution in [0, 0.1) is 12.7 Å². The van der Waals surface area contributed by atoms with Crippen molar-refractivity contribution in [3.05, 3.63) is 58.3 Å². The fourth-order valence-electron chi connectivity index (χ4n) is 1.67. The van der Waals surface area contributed by atoms with E-state index in [-0.39, 0.29) is 5.82 Å². The Kier molecular flexibility index (Phi) is 4.80. The molecule has 0 spiro atoms. The van der Waals surface area contributed by atoms with E-state index in [9.17, 15) is 4.39 Å². The Morgan fingerprint density at radius 1 is 1.21 bits per heavy atom. The molecule has 0 amide bonds. The lowest BCUT2D eigenvalue weighted by atomic mass is 10.2. The number of aryl methyl sites for hydroxylation is 1. The minimum Gasteiger partial charge on any atom is -0.491 e. The number of para-hydroxylation sites is 1. The van der Waals surface area contributed by atoms with E-state index >= 15 is 0 Å². The third-order valence-corrected chi connectivity index (χ3v) is 3.26. The summed E-state index contributed by atoms with van der Waals surface area (Å²) in [4.78, 5) is 0. The van der Waals surface area contributed by atoms with E-state index in [1.54, 1.807) is 18.2 Å². The average molecular weight is 324 g/mol. The number of anilines is 1. The van der Waals surface area contributed by atoms with E-state index in [4.69, 9.17) is 4.74 Å². The number of rotatable bonds is 5. The highest BCUT2D eigenvalue weighted by atomic mass is 79.9. The standard InChI is InChI=1S/C15H15BrFNO/c1-11-6-7-15(12(16)10-11)19-9-8-18-14-5-3-2-4-13(14)17/h2-7,10,18H,8-9H2,1H3. The minimum absolute atomic E-state index is 0.251. The Morgan fingerprint density at radius 2 is 2.00 bits per heavy atom. The van der Waals surface area contributed by atoms with Crippen molar-refractivity contribution >= 4 is 21.6 Å². The fraction of sp³-hybridized carbons (Fsp3) is 0.200. The predicted octanol–water partition coefficient (Wildman–Crippen LogP) is 4.39. The summed E-state index contributed by atoms with van der Waals surface area (Å²) in [7, 11) is 0. The van der Waals surface area contributed by atoms with Gasteiger partial charge >= 0.3 is 0 Å². The van der Waals surface area contributed by atoms with Gasteiger partial charge in [0.2, 0.25) is 0 Å². The molecule has 0 radical (unpaired) electrons. The summed E-state index contributed by atoms with van der Waals surface area (Å²) in [5.41, 5.74) is 1.66. The molecule has 4 heteroatoms. The van der Waals surface area contributed by atoms with Gasteiger partial charge in [0, 0.05) is 6.54 Å². The molecule has 0 atom stereocenters. The van der Waals surface area contributed by atoms with Crippen LogP contribution in [0.3, 0.4) is 0 Å². The molecule has 0 aliphatic carbocycles. The highest BCUT2D eigenvalue weighted by Crippen LogP contribution is 2.25. The number of hydrogen-bond acceptors (Lipinski definition) is 2. The van der Waals surface area contributed by atoms with Gasteiger partial charge in [0.15, 0.2) is 0 Å². The molecule has 0 saturated heterocycles. The molecule has 0 aromatic heterocycles. The van der Waals surface area contributed by atoms with Crippen LogP contribution >= 0.6 is 15.9 Å². The average Bonchev–Trinajstić information content (AvgIpc) is 2.38. The van der Waals surface area contributed by atoms with Crippen LogP contribution in [0.5, 0.6) is 5.75 Å².